The molecule has 9 nitrogen and oxygen atoms in total. The Kier molecular flexibility index (Phi) is 9.47. The maximum atomic E-state index is 12.6. The van der Waals surface area contributed by atoms with E-state index in [1.807, 2.05) is 0 Å². The molecule has 3 N–H and O–H groups in total. The van der Waals surface area contributed by atoms with Gasteiger partial charge in [0, 0.05) is 38.1 Å². The number of amides is 1. The van der Waals surface area contributed by atoms with Gasteiger partial charge < -0.3 is 25.2 Å². The van der Waals surface area contributed by atoms with Crippen LogP contribution in [0, 0.1) is 5.92 Å². The van der Waals surface area contributed by atoms with Crippen LogP contribution in [0.15, 0.2) is 24.5 Å². The van der Waals surface area contributed by atoms with Gasteiger partial charge in [-0.05, 0) is 43.2 Å². The Bertz CT molecular complexity index is 1000. The van der Waals surface area contributed by atoms with Crippen molar-refractivity contribution >= 4 is 29.3 Å². The van der Waals surface area contributed by atoms with Crippen molar-refractivity contribution in [1.29, 1.82) is 0 Å². The highest BCUT2D eigenvalue weighted by Gasteiger charge is 2.24. The number of hydrogen-bond donors (Lipinski definition) is 3. The Morgan fingerprint density at radius 3 is 2.88 bits per heavy atom. The quantitative estimate of drug-likeness (QED) is 0.387. The number of methoxy groups -OCH3 is 1. The van der Waals surface area contributed by atoms with E-state index in [1.54, 1.807) is 0 Å². The second-order valence-corrected chi connectivity index (χ2v) is 8.82. The summed E-state index contributed by atoms with van der Waals surface area (Å²) in [7, 11) is 1.38. The van der Waals surface area contributed by atoms with E-state index < -0.39 is 17.9 Å². The largest absolute Gasteiger partial charge is 0.494 e. The number of aromatic nitrogens is 2. The first-order chi connectivity index (χ1) is 16.4. The maximum absolute atomic E-state index is 12.6. The number of pyridine rings is 2. The molecule has 2 aromatic heterocycles. The van der Waals surface area contributed by atoms with Crippen LogP contribution in [0.3, 0.4) is 0 Å². The third-order valence-corrected chi connectivity index (χ3v) is 6.00. The van der Waals surface area contributed by atoms with Gasteiger partial charge in [-0.15, -0.1) is 0 Å². The first-order valence-electron chi connectivity index (χ1n) is 11.4. The third kappa shape index (κ3) is 7.04. The number of carbonyl (C=O) groups excluding carboxylic acids is 1. The number of anilines is 1. The lowest BCUT2D eigenvalue weighted by molar-refractivity contribution is -0.139. The molecule has 2 aromatic rings. The smallest absolute Gasteiger partial charge is 0.326 e. The van der Waals surface area contributed by atoms with Crippen LogP contribution in [0.2, 0.25) is 5.02 Å². The number of aryl methyl sites for hydroxylation is 2. The molecular formula is C24H31ClN4O5. The van der Waals surface area contributed by atoms with Gasteiger partial charge in [0.15, 0.2) is 5.75 Å². The van der Waals surface area contributed by atoms with E-state index in [0.717, 1.165) is 43.7 Å². The number of hydrogen-bond acceptors (Lipinski definition) is 7. The van der Waals surface area contributed by atoms with Crippen molar-refractivity contribution in [1.82, 2.24) is 15.3 Å². The molecule has 3 heterocycles. The number of ether oxygens (including phenoxy) is 2. The number of fused-ring (bicyclic) bond motifs is 1. The molecule has 0 fully saturated rings. The average Bonchev–Trinajstić information content (AvgIpc) is 2.83. The van der Waals surface area contributed by atoms with Crippen molar-refractivity contribution in [2.45, 2.75) is 45.1 Å². The molecule has 1 amide bonds. The summed E-state index contributed by atoms with van der Waals surface area (Å²) in [6.07, 6.45) is 6.73. The van der Waals surface area contributed by atoms with Gasteiger partial charge in [-0.1, -0.05) is 24.6 Å². The average molecular weight is 491 g/mol. The number of nitrogens with zero attached hydrogens (tertiary/aromatic N) is 2. The van der Waals surface area contributed by atoms with Crippen LogP contribution in [-0.2, 0) is 22.4 Å². The predicted molar refractivity (Wildman–Crippen MR) is 129 cm³/mol. The molecule has 0 bridgehead atoms. The van der Waals surface area contributed by atoms with Gasteiger partial charge in [-0.3, -0.25) is 9.78 Å². The molecule has 0 aromatic carbocycles. The lowest BCUT2D eigenvalue weighted by Crippen LogP contribution is -2.41. The molecule has 34 heavy (non-hydrogen) atoms. The summed E-state index contributed by atoms with van der Waals surface area (Å²) in [6, 6.07) is 3.12. The van der Waals surface area contributed by atoms with E-state index in [2.05, 4.69) is 34.7 Å². The number of carboxylic acid groups (broad SMARTS) is 1. The van der Waals surface area contributed by atoms with Crippen LogP contribution in [-0.4, -0.2) is 59.9 Å². The Balaban J connectivity index is 1.42. The summed E-state index contributed by atoms with van der Waals surface area (Å²) in [4.78, 5) is 32.8. The molecule has 2 atom stereocenters. The van der Waals surface area contributed by atoms with Gasteiger partial charge in [-0.2, -0.15) is 0 Å². The summed E-state index contributed by atoms with van der Waals surface area (Å²) in [5.74, 6) is -0.342. The summed E-state index contributed by atoms with van der Waals surface area (Å²) >= 11 is 6.05. The first kappa shape index (κ1) is 25.7. The second-order valence-electron chi connectivity index (χ2n) is 8.41. The first-order valence-corrected chi connectivity index (χ1v) is 11.8. The van der Waals surface area contributed by atoms with Crippen molar-refractivity contribution in [3.8, 4) is 5.75 Å². The molecule has 0 radical (unpaired) electrons. The fraction of sp³-hybridized carbons (Fsp3) is 0.500. The highest BCUT2D eigenvalue weighted by Crippen LogP contribution is 2.25. The standard InChI is InChI=1S/C24H31ClN4O5/c1-15(5-7-17-8-6-16-4-3-10-27-22(16)28-17)14-34-11-9-19(24(31)32)29-23(30)21-18(25)12-26-13-20(21)33-2/h6,8,12-13,15,19H,3-5,7,9-11,14H2,1-2H3,(H,27,28)(H,29,30)(H,31,32)/t15?,19-/m0/s1. The molecule has 0 saturated heterocycles. The monoisotopic (exact) mass is 490 g/mol. The van der Waals surface area contributed by atoms with Crippen molar-refractivity contribution in [2.24, 2.45) is 5.92 Å². The van der Waals surface area contributed by atoms with Gasteiger partial charge in [0.1, 0.15) is 17.4 Å². The Labute approximate surface area is 204 Å². The molecule has 1 aliphatic heterocycles. The molecule has 0 spiro atoms. The number of rotatable bonds is 12. The number of aliphatic carboxylic acids is 1. The molecule has 0 saturated carbocycles. The van der Waals surface area contributed by atoms with Gasteiger partial charge in [0.05, 0.1) is 18.3 Å². The zero-order chi connectivity index (χ0) is 24.5. The van der Waals surface area contributed by atoms with Crippen molar-refractivity contribution in [3.63, 3.8) is 0 Å². The zero-order valence-corrected chi connectivity index (χ0v) is 20.2. The van der Waals surface area contributed by atoms with E-state index in [0.29, 0.717) is 6.61 Å². The fourth-order valence-corrected chi connectivity index (χ4v) is 3.99. The SMILES string of the molecule is COc1cncc(Cl)c1C(=O)N[C@@H](CCOCC(C)CCc1ccc2c(n1)NCCC2)C(=O)O. The lowest BCUT2D eigenvalue weighted by Gasteiger charge is -2.18. The molecule has 3 rings (SSSR count). The topological polar surface area (TPSA) is 123 Å². The van der Waals surface area contributed by atoms with E-state index in [1.165, 1.54) is 25.1 Å². The molecule has 184 valence electrons. The van der Waals surface area contributed by atoms with Crippen LogP contribution in [0.1, 0.15) is 47.8 Å². The highest BCUT2D eigenvalue weighted by atomic mass is 35.5. The van der Waals surface area contributed by atoms with E-state index in [-0.39, 0.29) is 35.3 Å². The summed E-state index contributed by atoms with van der Waals surface area (Å²) in [5, 5.41) is 15.4. The van der Waals surface area contributed by atoms with Crippen LogP contribution in [0.4, 0.5) is 5.82 Å². The normalized spacial score (nSPS) is 14.4. The fourth-order valence-electron chi connectivity index (χ4n) is 3.75. The molecule has 10 heteroatoms. The van der Waals surface area contributed by atoms with Gasteiger partial charge in [-0.25, -0.2) is 9.78 Å². The minimum atomic E-state index is -1.15. The van der Waals surface area contributed by atoms with Gasteiger partial charge in [0.2, 0.25) is 0 Å². The Morgan fingerprint density at radius 1 is 1.29 bits per heavy atom. The van der Waals surface area contributed by atoms with Crippen molar-refractivity contribution < 1.29 is 24.2 Å². The zero-order valence-electron chi connectivity index (χ0n) is 19.5. The Hall–Kier alpha value is -2.91. The van der Waals surface area contributed by atoms with Crippen LogP contribution < -0.4 is 15.4 Å². The van der Waals surface area contributed by atoms with E-state index >= 15 is 0 Å². The third-order valence-electron chi connectivity index (χ3n) is 5.71. The highest BCUT2D eigenvalue weighted by molar-refractivity contribution is 6.34. The van der Waals surface area contributed by atoms with E-state index in [9.17, 15) is 14.7 Å². The number of halogens is 1. The maximum Gasteiger partial charge on any atom is 0.326 e. The summed E-state index contributed by atoms with van der Waals surface area (Å²) < 4.78 is 10.8. The summed E-state index contributed by atoms with van der Waals surface area (Å²) in [5.41, 5.74) is 2.38. The van der Waals surface area contributed by atoms with E-state index in [4.69, 9.17) is 26.1 Å². The molecular weight excluding hydrogens is 460 g/mol. The van der Waals surface area contributed by atoms with Crippen LogP contribution in [0.5, 0.6) is 5.75 Å². The van der Waals surface area contributed by atoms with Crippen LogP contribution in [0.25, 0.3) is 0 Å². The number of carbonyl (C=O) groups is 2. The van der Waals surface area contributed by atoms with Crippen molar-refractivity contribution in [3.05, 3.63) is 46.4 Å². The second kappa shape index (κ2) is 12.5. The predicted octanol–water partition coefficient (Wildman–Crippen LogP) is 3.36. The summed E-state index contributed by atoms with van der Waals surface area (Å²) in [6.45, 7) is 3.75. The molecule has 0 aliphatic carbocycles. The number of carboxylic acids is 1. The minimum Gasteiger partial charge on any atom is -0.494 e. The molecule has 1 unspecified atom stereocenters. The number of nitrogens with one attached hydrogen (secondary N) is 2. The Morgan fingerprint density at radius 2 is 2.12 bits per heavy atom. The lowest BCUT2D eigenvalue weighted by atomic mass is 10.0. The molecule has 1 aliphatic rings. The van der Waals surface area contributed by atoms with Gasteiger partial charge >= 0.3 is 5.97 Å². The minimum absolute atomic E-state index is 0.0472. The van der Waals surface area contributed by atoms with Gasteiger partial charge in [0.25, 0.3) is 5.91 Å². The van der Waals surface area contributed by atoms with Crippen LogP contribution >= 0.6 is 11.6 Å². The van der Waals surface area contributed by atoms with Crippen molar-refractivity contribution in [2.75, 3.05) is 32.2 Å².